The van der Waals surface area contributed by atoms with Crippen molar-refractivity contribution < 1.29 is 4.74 Å². The summed E-state index contributed by atoms with van der Waals surface area (Å²) in [4.78, 5) is 10.4. The lowest BCUT2D eigenvalue weighted by Crippen LogP contribution is -2.48. The minimum absolute atomic E-state index is 0.166. The van der Waals surface area contributed by atoms with Crippen molar-refractivity contribution in [3.05, 3.63) is 16.5 Å². The highest BCUT2D eigenvalue weighted by Gasteiger charge is 2.32. The molecule has 1 aromatic heterocycles. The first-order valence-electron chi connectivity index (χ1n) is 6.50. The van der Waals surface area contributed by atoms with Crippen LogP contribution in [0.25, 0.3) is 0 Å². The first kappa shape index (κ1) is 13.4. The molecule has 2 unspecified atom stereocenters. The number of fused-ring (bicyclic) bond motifs is 1. The second-order valence-electron chi connectivity index (χ2n) is 4.96. The lowest BCUT2D eigenvalue weighted by Gasteiger charge is -2.35. The second kappa shape index (κ2) is 5.79. The Morgan fingerprint density at radius 3 is 3.26 bits per heavy atom. The van der Waals surface area contributed by atoms with E-state index in [9.17, 15) is 0 Å². The Bertz CT molecular complexity index is 459. The number of hydrogen-bond donors (Lipinski definition) is 1. The van der Waals surface area contributed by atoms with E-state index in [1.165, 1.54) is 25.6 Å². The molecule has 7 heteroatoms. The van der Waals surface area contributed by atoms with E-state index in [0.29, 0.717) is 23.4 Å². The summed E-state index contributed by atoms with van der Waals surface area (Å²) in [5, 5.41) is 3.85. The topological polar surface area (TPSA) is 50.3 Å². The molecule has 0 saturated carbocycles. The first-order chi connectivity index (χ1) is 9.22. The van der Waals surface area contributed by atoms with E-state index in [0.717, 1.165) is 13.2 Å². The van der Waals surface area contributed by atoms with E-state index in [1.807, 2.05) is 0 Å². The van der Waals surface area contributed by atoms with Crippen molar-refractivity contribution in [1.82, 2.24) is 14.9 Å². The summed E-state index contributed by atoms with van der Waals surface area (Å²) < 4.78 is 5.86. The normalized spacial score (nSPS) is 27.3. The van der Waals surface area contributed by atoms with Crippen LogP contribution in [0.15, 0.2) is 6.20 Å². The van der Waals surface area contributed by atoms with Crippen molar-refractivity contribution in [1.29, 1.82) is 0 Å². The predicted molar refractivity (Wildman–Crippen MR) is 74.9 cm³/mol. The summed E-state index contributed by atoms with van der Waals surface area (Å²) >= 11 is 11.8. The zero-order valence-electron chi connectivity index (χ0n) is 10.5. The third-order valence-corrected chi connectivity index (χ3v) is 4.13. The highest BCUT2D eigenvalue weighted by atomic mass is 35.5. The SMILES string of the molecule is Clc1ncc(Cl)c(NCC2CN3CCCC3CO2)n1. The van der Waals surface area contributed by atoms with Crippen molar-refractivity contribution in [2.45, 2.75) is 25.0 Å². The van der Waals surface area contributed by atoms with Crippen molar-refractivity contribution in [2.24, 2.45) is 0 Å². The third kappa shape index (κ3) is 3.11. The van der Waals surface area contributed by atoms with Gasteiger partial charge in [-0.05, 0) is 31.0 Å². The van der Waals surface area contributed by atoms with E-state index in [1.54, 1.807) is 0 Å². The molecular weight excluding hydrogens is 287 g/mol. The van der Waals surface area contributed by atoms with Crippen LogP contribution in [0.5, 0.6) is 0 Å². The molecule has 2 atom stereocenters. The standard InChI is InChI=1S/C12H16Cl2N4O/c13-10-5-16-12(14)17-11(10)15-4-9-6-18-3-1-2-8(18)7-19-9/h5,8-9H,1-4,6-7H2,(H,15,16,17). The lowest BCUT2D eigenvalue weighted by molar-refractivity contribution is -0.0416. The maximum absolute atomic E-state index is 6.01. The maximum Gasteiger partial charge on any atom is 0.224 e. The predicted octanol–water partition coefficient (Wildman–Crippen LogP) is 2.06. The van der Waals surface area contributed by atoms with Gasteiger partial charge in [0.05, 0.1) is 18.9 Å². The molecule has 5 nitrogen and oxygen atoms in total. The molecule has 0 bridgehead atoms. The Hall–Kier alpha value is -0.620. The van der Waals surface area contributed by atoms with Gasteiger partial charge in [0.1, 0.15) is 10.8 Å². The summed E-state index contributed by atoms with van der Waals surface area (Å²) in [6.45, 7) is 3.65. The number of hydrogen-bond acceptors (Lipinski definition) is 5. The fourth-order valence-electron chi connectivity index (χ4n) is 2.69. The molecule has 0 aromatic carbocycles. The Kier molecular flexibility index (Phi) is 4.07. The quantitative estimate of drug-likeness (QED) is 0.866. The van der Waals surface area contributed by atoms with Gasteiger partial charge in [-0.1, -0.05) is 11.6 Å². The van der Waals surface area contributed by atoms with E-state index >= 15 is 0 Å². The number of ether oxygens (including phenoxy) is 1. The molecule has 19 heavy (non-hydrogen) atoms. The molecule has 1 N–H and O–H groups in total. The van der Waals surface area contributed by atoms with E-state index in [4.69, 9.17) is 27.9 Å². The van der Waals surface area contributed by atoms with Gasteiger partial charge in [-0.3, -0.25) is 4.90 Å². The average Bonchev–Trinajstić information content (AvgIpc) is 2.87. The molecule has 2 aliphatic rings. The minimum Gasteiger partial charge on any atom is -0.373 e. The van der Waals surface area contributed by atoms with E-state index in [2.05, 4.69) is 20.2 Å². The number of anilines is 1. The molecule has 104 valence electrons. The van der Waals surface area contributed by atoms with Crippen LogP contribution in [-0.2, 0) is 4.74 Å². The lowest BCUT2D eigenvalue weighted by atomic mass is 10.2. The van der Waals surface area contributed by atoms with Gasteiger partial charge in [-0.15, -0.1) is 0 Å². The zero-order valence-corrected chi connectivity index (χ0v) is 12.0. The summed E-state index contributed by atoms with van der Waals surface area (Å²) in [5.41, 5.74) is 0. The number of aromatic nitrogens is 2. The second-order valence-corrected chi connectivity index (χ2v) is 5.71. The number of halogens is 2. The maximum atomic E-state index is 6.01. The summed E-state index contributed by atoms with van der Waals surface area (Å²) in [7, 11) is 0. The highest BCUT2D eigenvalue weighted by molar-refractivity contribution is 6.33. The molecule has 0 spiro atoms. The van der Waals surface area contributed by atoms with Gasteiger partial charge in [0.15, 0.2) is 0 Å². The minimum atomic E-state index is 0.166. The molecule has 0 aliphatic carbocycles. The Morgan fingerprint density at radius 2 is 2.37 bits per heavy atom. The van der Waals surface area contributed by atoms with Gasteiger partial charge < -0.3 is 10.1 Å². The smallest absolute Gasteiger partial charge is 0.224 e. The number of nitrogens with zero attached hydrogens (tertiary/aromatic N) is 3. The molecule has 3 rings (SSSR count). The van der Waals surface area contributed by atoms with Gasteiger partial charge in [0, 0.05) is 19.1 Å². The van der Waals surface area contributed by atoms with Gasteiger partial charge >= 0.3 is 0 Å². The monoisotopic (exact) mass is 302 g/mol. The van der Waals surface area contributed by atoms with Crippen LogP contribution >= 0.6 is 23.2 Å². The molecule has 2 saturated heterocycles. The molecule has 2 fully saturated rings. The molecule has 1 aromatic rings. The first-order valence-corrected chi connectivity index (χ1v) is 7.25. The third-order valence-electron chi connectivity index (χ3n) is 3.67. The van der Waals surface area contributed by atoms with Crippen LogP contribution in [0.4, 0.5) is 5.82 Å². The molecule has 0 radical (unpaired) electrons. The zero-order chi connectivity index (χ0) is 13.2. The average molecular weight is 303 g/mol. The summed E-state index contributed by atoms with van der Waals surface area (Å²) in [5.74, 6) is 0.564. The van der Waals surface area contributed by atoms with Gasteiger partial charge in [0.25, 0.3) is 0 Å². The number of nitrogens with one attached hydrogen (secondary N) is 1. The summed E-state index contributed by atoms with van der Waals surface area (Å²) in [6.07, 6.45) is 4.20. The molecule has 3 heterocycles. The van der Waals surface area contributed by atoms with Crippen LogP contribution < -0.4 is 5.32 Å². The van der Waals surface area contributed by atoms with Gasteiger partial charge in [-0.2, -0.15) is 4.98 Å². The largest absolute Gasteiger partial charge is 0.373 e. The molecule has 0 amide bonds. The Balaban J connectivity index is 1.56. The summed E-state index contributed by atoms with van der Waals surface area (Å²) in [6, 6.07) is 0.619. The van der Waals surface area contributed by atoms with Crippen molar-refractivity contribution in [3.8, 4) is 0 Å². The number of morpholine rings is 1. The number of rotatable bonds is 3. The Morgan fingerprint density at radius 1 is 1.47 bits per heavy atom. The van der Waals surface area contributed by atoms with Crippen LogP contribution in [0.1, 0.15) is 12.8 Å². The fraction of sp³-hybridized carbons (Fsp3) is 0.667. The van der Waals surface area contributed by atoms with Crippen LogP contribution in [0.2, 0.25) is 10.3 Å². The van der Waals surface area contributed by atoms with Crippen molar-refractivity contribution >= 4 is 29.0 Å². The fourth-order valence-corrected chi connectivity index (χ4v) is 2.98. The van der Waals surface area contributed by atoms with Crippen molar-refractivity contribution in [2.75, 3.05) is 31.6 Å². The molecule has 2 aliphatic heterocycles. The van der Waals surface area contributed by atoms with Crippen LogP contribution in [0.3, 0.4) is 0 Å². The molecular formula is C12H16Cl2N4O. The highest BCUT2D eigenvalue weighted by Crippen LogP contribution is 2.24. The van der Waals surface area contributed by atoms with E-state index < -0.39 is 0 Å². The van der Waals surface area contributed by atoms with Crippen LogP contribution in [-0.4, -0.2) is 53.3 Å². The van der Waals surface area contributed by atoms with E-state index in [-0.39, 0.29) is 11.4 Å². The van der Waals surface area contributed by atoms with Gasteiger partial charge in [0.2, 0.25) is 5.28 Å². The Labute approximate surface area is 122 Å². The van der Waals surface area contributed by atoms with Crippen LogP contribution in [0, 0.1) is 0 Å². The van der Waals surface area contributed by atoms with Gasteiger partial charge in [-0.25, -0.2) is 4.98 Å². The van der Waals surface area contributed by atoms with Crippen molar-refractivity contribution in [3.63, 3.8) is 0 Å².